The first-order valence-electron chi connectivity index (χ1n) is 7.53. The van der Waals surface area contributed by atoms with Gasteiger partial charge in [-0.3, -0.25) is 9.69 Å². The minimum absolute atomic E-state index is 0.144. The Balaban J connectivity index is 1.69. The minimum Gasteiger partial charge on any atom is -0.355 e. The molecule has 20 heavy (non-hydrogen) atoms. The molecule has 1 unspecified atom stereocenters. The Bertz CT molecular complexity index is 392. The van der Waals surface area contributed by atoms with Crippen LogP contribution in [0.1, 0.15) is 30.6 Å². The summed E-state index contributed by atoms with van der Waals surface area (Å²) in [4.78, 5) is 15.6. The number of thiophene rings is 1. The fourth-order valence-corrected chi connectivity index (χ4v) is 3.52. The lowest BCUT2D eigenvalue weighted by Crippen LogP contribution is -2.46. The molecule has 1 aliphatic heterocycles. The van der Waals surface area contributed by atoms with Crippen LogP contribution in [0.25, 0.3) is 0 Å². The number of rotatable bonds is 7. The van der Waals surface area contributed by atoms with Crippen LogP contribution in [-0.4, -0.2) is 43.0 Å². The van der Waals surface area contributed by atoms with Gasteiger partial charge in [-0.1, -0.05) is 12.5 Å². The quantitative estimate of drug-likeness (QED) is 0.803. The van der Waals surface area contributed by atoms with Crippen molar-refractivity contribution in [2.45, 2.75) is 38.1 Å². The second kappa shape index (κ2) is 8.39. The predicted octanol–water partition coefficient (Wildman–Crippen LogP) is 1.61. The van der Waals surface area contributed by atoms with Gasteiger partial charge in [0, 0.05) is 17.5 Å². The van der Waals surface area contributed by atoms with Crippen molar-refractivity contribution in [3.8, 4) is 0 Å². The molecule has 0 aliphatic carbocycles. The first-order valence-corrected chi connectivity index (χ1v) is 8.41. The molecule has 1 saturated heterocycles. The summed E-state index contributed by atoms with van der Waals surface area (Å²) < 4.78 is 0. The van der Waals surface area contributed by atoms with E-state index < -0.39 is 0 Å². The molecule has 0 saturated carbocycles. The zero-order valence-electron chi connectivity index (χ0n) is 12.0. The first kappa shape index (κ1) is 15.5. The van der Waals surface area contributed by atoms with Gasteiger partial charge >= 0.3 is 0 Å². The van der Waals surface area contributed by atoms with Crippen molar-refractivity contribution in [3.63, 3.8) is 0 Å². The predicted molar refractivity (Wildman–Crippen MR) is 83.9 cm³/mol. The SMILES string of the molecule is NCCC1CCCCN1CC(=O)NCCc1cccs1. The fraction of sp³-hybridized carbons (Fsp3) is 0.667. The van der Waals surface area contributed by atoms with Crippen molar-refractivity contribution in [2.24, 2.45) is 5.73 Å². The molecular weight excluding hydrogens is 270 g/mol. The van der Waals surface area contributed by atoms with E-state index in [2.05, 4.69) is 21.7 Å². The molecule has 112 valence electrons. The summed E-state index contributed by atoms with van der Waals surface area (Å²) in [5, 5.41) is 5.10. The van der Waals surface area contributed by atoms with Gasteiger partial charge in [0.25, 0.3) is 0 Å². The third-order valence-electron chi connectivity index (χ3n) is 3.87. The van der Waals surface area contributed by atoms with Crippen LogP contribution in [0.5, 0.6) is 0 Å². The number of amides is 1. The molecule has 2 rings (SSSR count). The first-order chi connectivity index (χ1) is 9.79. The van der Waals surface area contributed by atoms with Crippen LogP contribution in [0.3, 0.4) is 0 Å². The van der Waals surface area contributed by atoms with Crippen LogP contribution in [0.2, 0.25) is 0 Å². The molecule has 2 heterocycles. The van der Waals surface area contributed by atoms with Gasteiger partial charge in [-0.25, -0.2) is 0 Å². The van der Waals surface area contributed by atoms with Gasteiger partial charge in [0.15, 0.2) is 0 Å². The monoisotopic (exact) mass is 295 g/mol. The van der Waals surface area contributed by atoms with E-state index in [1.165, 1.54) is 24.1 Å². The minimum atomic E-state index is 0.144. The second-order valence-corrected chi connectivity index (χ2v) is 6.41. The zero-order chi connectivity index (χ0) is 14.2. The summed E-state index contributed by atoms with van der Waals surface area (Å²) in [6, 6.07) is 4.66. The van der Waals surface area contributed by atoms with Gasteiger partial charge in [-0.05, 0) is 50.2 Å². The number of carbonyl (C=O) groups is 1. The molecule has 0 spiro atoms. The molecule has 1 aromatic rings. The third-order valence-corrected chi connectivity index (χ3v) is 4.81. The van der Waals surface area contributed by atoms with Gasteiger partial charge in [-0.15, -0.1) is 11.3 Å². The standard InChI is InChI=1S/C15H25N3OS/c16-8-6-13-4-1-2-10-18(13)12-15(19)17-9-7-14-5-3-11-20-14/h3,5,11,13H,1-2,4,6-10,12,16H2,(H,17,19). The molecule has 0 radical (unpaired) electrons. The van der Waals surface area contributed by atoms with E-state index in [9.17, 15) is 4.79 Å². The maximum absolute atomic E-state index is 12.0. The largest absolute Gasteiger partial charge is 0.355 e. The number of likely N-dealkylation sites (tertiary alicyclic amines) is 1. The van der Waals surface area contributed by atoms with Crippen molar-refractivity contribution >= 4 is 17.2 Å². The van der Waals surface area contributed by atoms with E-state index in [0.717, 1.165) is 25.9 Å². The molecule has 1 atom stereocenters. The summed E-state index contributed by atoms with van der Waals surface area (Å²) in [5.74, 6) is 0.144. The summed E-state index contributed by atoms with van der Waals surface area (Å²) in [6.07, 6.45) is 5.57. The van der Waals surface area contributed by atoms with Gasteiger partial charge < -0.3 is 11.1 Å². The summed E-state index contributed by atoms with van der Waals surface area (Å²) >= 11 is 1.74. The number of carbonyl (C=O) groups excluding carboxylic acids is 1. The van der Waals surface area contributed by atoms with Crippen LogP contribution in [0, 0.1) is 0 Å². The number of piperidine rings is 1. The molecular formula is C15H25N3OS. The Labute approximate surface area is 125 Å². The average molecular weight is 295 g/mol. The lowest BCUT2D eigenvalue weighted by Gasteiger charge is -2.35. The summed E-state index contributed by atoms with van der Waals surface area (Å²) in [7, 11) is 0. The number of hydrogen-bond acceptors (Lipinski definition) is 4. The zero-order valence-corrected chi connectivity index (χ0v) is 12.8. The van der Waals surface area contributed by atoms with E-state index in [1.807, 2.05) is 6.07 Å². The smallest absolute Gasteiger partial charge is 0.234 e. The van der Waals surface area contributed by atoms with Crippen molar-refractivity contribution in [1.29, 1.82) is 0 Å². The Hall–Kier alpha value is -0.910. The Kier molecular flexibility index (Phi) is 6.50. The molecule has 3 N–H and O–H groups in total. The fourth-order valence-electron chi connectivity index (χ4n) is 2.81. The van der Waals surface area contributed by atoms with Crippen LogP contribution < -0.4 is 11.1 Å². The van der Waals surface area contributed by atoms with Crippen molar-refractivity contribution < 1.29 is 4.79 Å². The molecule has 1 aromatic heterocycles. The van der Waals surface area contributed by atoms with Crippen molar-refractivity contribution in [1.82, 2.24) is 10.2 Å². The number of nitrogens with two attached hydrogens (primary N) is 1. The molecule has 1 fully saturated rings. The van der Waals surface area contributed by atoms with Gasteiger partial charge in [0.05, 0.1) is 6.54 Å². The summed E-state index contributed by atoms with van der Waals surface area (Å²) in [5.41, 5.74) is 5.66. The second-order valence-electron chi connectivity index (χ2n) is 5.38. The third kappa shape index (κ3) is 4.89. The molecule has 0 bridgehead atoms. The lowest BCUT2D eigenvalue weighted by molar-refractivity contribution is -0.123. The van der Waals surface area contributed by atoms with Crippen LogP contribution in [0.4, 0.5) is 0 Å². The van der Waals surface area contributed by atoms with E-state index in [-0.39, 0.29) is 5.91 Å². The molecule has 4 nitrogen and oxygen atoms in total. The van der Waals surface area contributed by atoms with Crippen molar-refractivity contribution in [2.75, 3.05) is 26.2 Å². The van der Waals surface area contributed by atoms with E-state index in [1.54, 1.807) is 11.3 Å². The van der Waals surface area contributed by atoms with Crippen LogP contribution >= 0.6 is 11.3 Å². The number of nitrogens with zero attached hydrogens (tertiary/aromatic N) is 1. The molecule has 1 amide bonds. The average Bonchev–Trinajstić information content (AvgIpc) is 2.94. The van der Waals surface area contributed by atoms with E-state index >= 15 is 0 Å². The molecule has 5 heteroatoms. The molecule has 1 aliphatic rings. The van der Waals surface area contributed by atoms with Gasteiger partial charge in [0.1, 0.15) is 0 Å². The molecule has 0 aromatic carbocycles. The Morgan fingerprint density at radius 1 is 1.50 bits per heavy atom. The highest BCUT2D eigenvalue weighted by Crippen LogP contribution is 2.18. The lowest BCUT2D eigenvalue weighted by atomic mass is 9.99. The van der Waals surface area contributed by atoms with E-state index in [4.69, 9.17) is 5.73 Å². The highest BCUT2D eigenvalue weighted by Gasteiger charge is 2.23. The normalized spacial score (nSPS) is 19.9. The topological polar surface area (TPSA) is 58.4 Å². The van der Waals surface area contributed by atoms with Crippen LogP contribution in [-0.2, 0) is 11.2 Å². The maximum atomic E-state index is 12.0. The Morgan fingerprint density at radius 3 is 3.15 bits per heavy atom. The Morgan fingerprint density at radius 2 is 2.40 bits per heavy atom. The van der Waals surface area contributed by atoms with Crippen molar-refractivity contribution in [3.05, 3.63) is 22.4 Å². The van der Waals surface area contributed by atoms with Crippen LogP contribution in [0.15, 0.2) is 17.5 Å². The highest BCUT2D eigenvalue weighted by atomic mass is 32.1. The maximum Gasteiger partial charge on any atom is 0.234 e. The summed E-state index contributed by atoms with van der Waals surface area (Å²) in [6.45, 7) is 2.99. The number of hydrogen-bond donors (Lipinski definition) is 2. The van der Waals surface area contributed by atoms with Gasteiger partial charge in [-0.2, -0.15) is 0 Å². The number of nitrogens with one attached hydrogen (secondary N) is 1. The van der Waals surface area contributed by atoms with E-state index in [0.29, 0.717) is 19.1 Å². The van der Waals surface area contributed by atoms with Gasteiger partial charge in [0.2, 0.25) is 5.91 Å². The highest BCUT2D eigenvalue weighted by molar-refractivity contribution is 7.09.